The van der Waals surface area contributed by atoms with Gasteiger partial charge in [-0.15, -0.1) is 11.3 Å². The van der Waals surface area contributed by atoms with Crippen molar-refractivity contribution in [2.45, 2.75) is 83.6 Å². The van der Waals surface area contributed by atoms with Gasteiger partial charge in [-0.2, -0.15) is 0 Å². The molecule has 142 valence electrons. The van der Waals surface area contributed by atoms with E-state index in [2.05, 4.69) is 0 Å². The van der Waals surface area contributed by atoms with Gasteiger partial charge < -0.3 is 10.8 Å². The number of aliphatic hydroxyl groups excluding tert-OH is 1. The van der Waals surface area contributed by atoms with Crippen LogP contribution in [-0.2, 0) is 0 Å². The maximum absolute atomic E-state index is 12.4. The molecule has 25 heavy (non-hydrogen) atoms. The van der Waals surface area contributed by atoms with Crippen molar-refractivity contribution in [2.24, 2.45) is 17.6 Å². The average Bonchev–Trinajstić information content (AvgIpc) is 3.12. The summed E-state index contributed by atoms with van der Waals surface area (Å²) < 4.78 is 0. The molecule has 2 rings (SSSR count). The van der Waals surface area contributed by atoms with Gasteiger partial charge in [-0.1, -0.05) is 58.3 Å². The molecule has 3 nitrogen and oxygen atoms in total. The standard InChI is InChI=1S/C21H35NO2S/c1-16(15-23)14-18(22)20-12-13-21(25-20)19(24)11-7-3-6-10-17-8-4-2-5-9-17/h12-13,16-18,23H,2-11,14-15,22H2,1H3/t16-,18?/m1/s1. The van der Waals surface area contributed by atoms with Gasteiger partial charge in [0.1, 0.15) is 0 Å². The molecule has 2 atom stereocenters. The largest absolute Gasteiger partial charge is 0.396 e. The van der Waals surface area contributed by atoms with Gasteiger partial charge in [-0.05, 0) is 36.8 Å². The van der Waals surface area contributed by atoms with Gasteiger partial charge in [0.25, 0.3) is 0 Å². The van der Waals surface area contributed by atoms with Crippen molar-refractivity contribution < 1.29 is 9.90 Å². The molecule has 0 bridgehead atoms. The second-order valence-electron chi connectivity index (χ2n) is 7.86. The first-order valence-corrected chi connectivity index (χ1v) is 10.9. The minimum atomic E-state index is -0.0795. The highest BCUT2D eigenvalue weighted by atomic mass is 32.1. The van der Waals surface area contributed by atoms with Crippen LogP contribution in [0.15, 0.2) is 12.1 Å². The van der Waals surface area contributed by atoms with Gasteiger partial charge in [0, 0.05) is 23.9 Å². The summed E-state index contributed by atoms with van der Waals surface area (Å²) in [6.07, 6.45) is 13.3. The fourth-order valence-corrected chi connectivity index (χ4v) is 4.81. The predicted octanol–water partition coefficient (Wildman–Crippen LogP) is 5.48. The summed E-state index contributed by atoms with van der Waals surface area (Å²) in [6.45, 7) is 2.15. The van der Waals surface area contributed by atoms with Crippen LogP contribution in [0, 0.1) is 11.8 Å². The first-order chi connectivity index (χ1) is 12.1. The van der Waals surface area contributed by atoms with Crippen LogP contribution in [0.1, 0.15) is 98.1 Å². The number of hydrogen-bond acceptors (Lipinski definition) is 4. The molecule has 1 aliphatic rings. The van der Waals surface area contributed by atoms with Crippen molar-refractivity contribution in [3.63, 3.8) is 0 Å². The Morgan fingerprint density at radius 2 is 2.00 bits per heavy atom. The molecule has 0 aromatic carbocycles. The minimum Gasteiger partial charge on any atom is -0.396 e. The molecule has 3 N–H and O–H groups in total. The molecular formula is C21H35NO2S. The normalized spacial score (nSPS) is 18.2. The number of unbranched alkanes of at least 4 members (excludes halogenated alkanes) is 2. The Kier molecular flexibility index (Phi) is 9.14. The lowest BCUT2D eigenvalue weighted by Gasteiger charge is -2.21. The van der Waals surface area contributed by atoms with Crippen molar-refractivity contribution in [1.29, 1.82) is 0 Å². The summed E-state index contributed by atoms with van der Waals surface area (Å²) >= 11 is 1.53. The number of ketones is 1. The Bertz CT molecular complexity index is 508. The molecular weight excluding hydrogens is 330 g/mol. The van der Waals surface area contributed by atoms with Gasteiger partial charge in [0.2, 0.25) is 0 Å². The van der Waals surface area contributed by atoms with Crippen LogP contribution in [0.5, 0.6) is 0 Å². The van der Waals surface area contributed by atoms with E-state index in [1.807, 2.05) is 19.1 Å². The second-order valence-corrected chi connectivity index (χ2v) is 8.97. The number of carbonyl (C=O) groups excluding carboxylic acids is 1. The maximum Gasteiger partial charge on any atom is 0.172 e. The third-order valence-electron chi connectivity index (χ3n) is 5.48. The maximum atomic E-state index is 12.4. The Hall–Kier alpha value is -0.710. The first-order valence-electron chi connectivity index (χ1n) is 10.1. The fourth-order valence-electron chi connectivity index (χ4n) is 3.82. The number of hydrogen-bond donors (Lipinski definition) is 2. The van der Waals surface area contributed by atoms with Gasteiger partial charge in [-0.25, -0.2) is 0 Å². The molecule has 1 saturated carbocycles. The summed E-state index contributed by atoms with van der Waals surface area (Å²) in [5.74, 6) is 1.41. The molecule has 0 radical (unpaired) electrons. The van der Waals surface area contributed by atoms with E-state index in [4.69, 9.17) is 10.8 Å². The second kappa shape index (κ2) is 11.1. The predicted molar refractivity (Wildman–Crippen MR) is 106 cm³/mol. The molecule has 1 heterocycles. The van der Waals surface area contributed by atoms with E-state index in [9.17, 15) is 4.79 Å². The molecule has 0 spiro atoms. The summed E-state index contributed by atoms with van der Waals surface area (Å²) in [5.41, 5.74) is 6.18. The minimum absolute atomic E-state index is 0.0795. The molecule has 4 heteroatoms. The Morgan fingerprint density at radius 1 is 1.24 bits per heavy atom. The molecule has 0 aliphatic heterocycles. The molecule has 1 fully saturated rings. The molecule has 1 aromatic heterocycles. The summed E-state index contributed by atoms with van der Waals surface area (Å²) in [5, 5.41) is 9.14. The van der Waals surface area contributed by atoms with E-state index in [1.54, 1.807) is 0 Å². The number of carbonyl (C=O) groups is 1. The summed E-state index contributed by atoms with van der Waals surface area (Å²) in [6, 6.07) is 3.83. The Morgan fingerprint density at radius 3 is 2.72 bits per heavy atom. The van der Waals surface area contributed by atoms with Crippen LogP contribution < -0.4 is 5.73 Å². The average molecular weight is 366 g/mol. The lowest BCUT2D eigenvalue weighted by Crippen LogP contribution is -2.14. The van der Waals surface area contributed by atoms with Crippen molar-refractivity contribution in [2.75, 3.05) is 6.61 Å². The molecule has 0 amide bonds. The van der Waals surface area contributed by atoms with Crippen LogP contribution in [-0.4, -0.2) is 17.5 Å². The van der Waals surface area contributed by atoms with E-state index in [0.717, 1.165) is 28.5 Å². The number of nitrogens with two attached hydrogens (primary N) is 1. The highest BCUT2D eigenvalue weighted by Crippen LogP contribution is 2.29. The van der Waals surface area contributed by atoms with Crippen LogP contribution in [0.3, 0.4) is 0 Å². The van der Waals surface area contributed by atoms with E-state index >= 15 is 0 Å². The van der Waals surface area contributed by atoms with Gasteiger partial charge in [0.15, 0.2) is 5.78 Å². The quantitative estimate of drug-likeness (QED) is 0.403. The van der Waals surface area contributed by atoms with Gasteiger partial charge >= 0.3 is 0 Å². The number of Topliss-reactive ketones (excluding diaryl/α,β-unsaturated/α-hetero) is 1. The molecule has 1 unspecified atom stereocenters. The Balaban J connectivity index is 1.65. The van der Waals surface area contributed by atoms with E-state index in [0.29, 0.717) is 6.42 Å². The zero-order valence-corrected chi connectivity index (χ0v) is 16.5. The van der Waals surface area contributed by atoms with Gasteiger partial charge in [-0.3, -0.25) is 4.79 Å². The lowest BCUT2D eigenvalue weighted by molar-refractivity contribution is 0.0983. The van der Waals surface area contributed by atoms with Crippen molar-refractivity contribution >= 4 is 17.1 Å². The zero-order chi connectivity index (χ0) is 18.1. The van der Waals surface area contributed by atoms with Crippen molar-refractivity contribution in [3.05, 3.63) is 21.9 Å². The summed E-state index contributed by atoms with van der Waals surface area (Å²) in [4.78, 5) is 14.3. The topological polar surface area (TPSA) is 63.3 Å². The summed E-state index contributed by atoms with van der Waals surface area (Å²) in [7, 11) is 0. The highest BCUT2D eigenvalue weighted by molar-refractivity contribution is 7.14. The van der Waals surface area contributed by atoms with Gasteiger partial charge in [0.05, 0.1) is 4.88 Å². The van der Waals surface area contributed by atoms with Crippen LogP contribution in [0.4, 0.5) is 0 Å². The number of rotatable bonds is 11. The monoisotopic (exact) mass is 365 g/mol. The van der Waals surface area contributed by atoms with Crippen molar-refractivity contribution in [1.82, 2.24) is 0 Å². The first kappa shape index (κ1) is 20.6. The Labute approximate surface area is 157 Å². The lowest BCUT2D eigenvalue weighted by atomic mass is 9.85. The van der Waals surface area contributed by atoms with E-state index < -0.39 is 0 Å². The molecule has 1 aliphatic carbocycles. The molecule has 1 aromatic rings. The van der Waals surface area contributed by atoms with E-state index in [-0.39, 0.29) is 24.3 Å². The number of aliphatic hydroxyl groups is 1. The third-order valence-corrected chi connectivity index (χ3v) is 6.73. The number of thiophene rings is 1. The highest BCUT2D eigenvalue weighted by Gasteiger charge is 2.16. The fraction of sp³-hybridized carbons (Fsp3) is 0.762. The van der Waals surface area contributed by atoms with Crippen molar-refractivity contribution in [3.8, 4) is 0 Å². The third kappa shape index (κ3) is 7.20. The zero-order valence-electron chi connectivity index (χ0n) is 15.7. The SMILES string of the molecule is C[C@@H](CO)CC(N)c1ccc(C(=O)CCCCCC2CCCCC2)s1. The van der Waals surface area contributed by atoms with Crippen LogP contribution in [0.25, 0.3) is 0 Å². The smallest absolute Gasteiger partial charge is 0.172 e. The van der Waals surface area contributed by atoms with E-state index in [1.165, 1.54) is 62.7 Å². The molecule has 0 saturated heterocycles. The van der Waals surface area contributed by atoms with Crippen LogP contribution in [0.2, 0.25) is 0 Å². The van der Waals surface area contributed by atoms with Crippen LogP contribution >= 0.6 is 11.3 Å².